The molecule has 4 rings (SSSR count). The highest BCUT2D eigenvalue weighted by atomic mass is 35.5. The number of nitrogens with one attached hydrogen (secondary N) is 1. The van der Waals surface area contributed by atoms with Crippen molar-refractivity contribution in [2.45, 2.75) is 31.8 Å². The Morgan fingerprint density at radius 1 is 1.29 bits per heavy atom. The fraction of sp³-hybridized carbons (Fsp3) is 0.579. The van der Waals surface area contributed by atoms with Gasteiger partial charge in [-0.25, -0.2) is 4.79 Å². The van der Waals surface area contributed by atoms with Gasteiger partial charge >= 0.3 is 6.03 Å². The van der Waals surface area contributed by atoms with Crippen LogP contribution in [0.2, 0.25) is 5.02 Å². The third-order valence-corrected chi connectivity index (χ3v) is 6.35. The second-order valence-electron chi connectivity index (χ2n) is 7.47. The van der Waals surface area contributed by atoms with Crippen molar-refractivity contribution in [3.63, 3.8) is 0 Å². The van der Waals surface area contributed by atoms with Crippen LogP contribution in [-0.2, 0) is 9.53 Å². The number of ether oxygens (including phenoxy) is 1. The lowest BCUT2D eigenvalue weighted by molar-refractivity contribution is -0.139. The lowest BCUT2D eigenvalue weighted by Crippen LogP contribution is -2.66. The largest absolute Gasteiger partial charge is 0.383 e. The van der Waals surface area contributed by atoms with Crippen LogP contribution in [0, 0.1) is 6.92 Å². The number of rotatable bonds is 4. The minimum atomic E-state index is -0.410. The summed E-state index contributed by atoms with van der Waals surface area (Å²) in [5, 5.41) is 4.23. The van der Waals surface area contributed by atoms with Gasteiger partial charge in [0.05, 0.1) is 13.2 Å². The van der Waals surface area contributed by atoms with Gasteiger partial charge in [-0.2, -0.15) is 0 Å². The van der Waals surface area contributed by atoms with Crippen molar-refractivity contribution in [1.82, 2.24) is 20.0 Å². The predicted octanol–water partition coefficient (Wildman–Crippen LogP) is 1.28. The molecule has 0 bridgehead atoms. The molecule has 0 saturated carbocycles. The van der Waals surface area contributed by atoms with E-state index in [2.05, 4.69) is 21.2 Å². The molecule has 1 aromatic carbocycles. The lowest BCUT2D eigenvalue weighted by atomic mass is 10.1. The second-order valence-corrected chi connectivity index (χ2v) is 7.88. The van der Waals surface area contributed by atoms with Crippen molar-refractivity contribution < 1.29 is 14.3 Å². The van der Waals surface area contributed by atoms with Crippen LogP contribution in [0.1, 0.15) is 12.0 Å². The monoisotopic (exact) mass is 407 g/mol. The van der Waals surface area contributed by atoms with Crippen LogP contribution in [0.5, 0.6) is 0 Å². The van der Waals surface area contributed by atoms with Crippen LogP contribution in [0.3, 0.4) is 0 Å². The molecule has 9 heteroatoms. The molecular weight excluding hydrogens is 382 g/mol. The summed E-state index contributed by atoms with van der Waals surface area (Å²) in [6, 6.07) is 5.18. The Hall–Kier alpha value is -1.87. The van der Waals surface area contributed by atoms with E-state index in [0.29, 0.717) is 6.61 Å². The number of imide groups is 1. The predicted molar refractivity (Wildman–Crippen MR) is 106 cm³/mol. The zero-order valence-corrected chi connectivity index (χ0v) is 17.1. The Morgan fingerprint density at radius 3 is 2.82 bits per heavy atom. The summed E-state index contributed by atoms with van der Waals surface area (Å²) in [6.07, 6.45) is 0.405. The van der Waals surface area contributed by atoms with E-state index >= 15 is 0 Å². The van der Waals surface area contributed by atoms with Crippen LogP contribution in [0.25, 0.3) is 0 Å². The summed E-state index contributed by atoms with van der Waals surface area (Å²) in [5.41, 5.74) is 2.06. The first-order valence-corrected chi connectivity index (χ1v) is 9.94. The number of halogens is 1. The van der Waals surface area contributed by atoms with E-state index in [-0.39, 0.29) is 30.9 Å². The third-order valence-electron chi connectivity index (χ3n) is 5.94. The van der Waals surface area contributed by atoms with E-state index in [0.717, 1.165) is 35.8 Å². The summed E-state index contributed by atoms with van der Waals surface area (Å²) >= 11 is 6.34. The van der Waals surface area contributed by atoms with Gasteiger partial charge in [-0.1, -0.05) is 17.7 Å². The van der Waals surface area contributed by atoms with E-state index in [1.54, 1.807) is 19.1 Å². The summed E-state index contributed by atoms with van der Waals surface area (Å²) in [6.45, 7) is 4.24. The Balaban J connectivity index is 1.65. The minimum Gasteiger partial charge on any atom is -0.383 e. The number of likely N-dealkylation sites (N-methyl/N-ethyl adjacent to an activating group) is 1. The van der Waals surface area contributed by atoms with Crippen molar-refractivity contribution in [3.8, 4) is 0 Å². The molecule has 0 aliphatic carbocycles. The van der Waals surface area contributed by atoms with E-state index in [1.165, 1.54) is 4.90 Å². The first-order valence-electron chi connectivity index (χ1n) is 9.56. The molecule has 3 saturated heterocycles. The third kappa shape index (κ3) is 2.95. The number of hydrogen-bond acceptors (Lipinski definition) is 6. The highest BCUT2D eigenvalue weighted by molar-refractivity contribution is 6.31. The SMILES string of the molecule is COCCN1C(=O)C2C(NC3N(c4cccc(Cl)c4C)CCCN23)N(C)C1=O. The molecule has 3 aliphatic rings. The molecule has 3 unspecified atom stereocenters. The number of nitrogens with zero attached hydrogens (tertiary/aromatic N) is 4. The van der Waals surface area contributed by atoms with Crippen molar-refractivity contribution in [2.24, 2.45) is 0 Å². The standard InChI is InChI=1S/C19H26ClN5O3/c1-12-13(20)6-4-7-14(12)23-8-5-9-24-15-16(21-18(23)24)22(2)19(27)25(17(15)26)10-11-28-3/h4,6-7,15-16,18,21H,5,8-11H2,1-3H3. The molecule has 0 spiro atoms. The van der Waals surface area contributed by atoms with E-state index in [4.69, 9.17) is 16.3 Å². The first-order chi connectivity index (χ1) is 13.5. The van der Waals surface area contributed by atoms with Crippen LogP contribution in [-0.4, -0.2) is 85.5 Å². The van der Waals surface area contributed by atoms with Gasteiger partial charge in [0.1, 0.15) is 18.5 Å². The number of carbonyl (C=O) groups excluding carboxylic acids is 2. The van der Waals surface area contributed by atoms with Crippen molar-refractivity contribution in [2.75, 3.05) is 45.3 Å². The van der Waals surface area contributed by atoms with Gasteiger partial charge in [-0.3, -0.25) is 19.9 Å². The molecule has 28 heavy (non-hydrogen) atoms. The number of amides is 3. The van der Waals surface area contributed by atoms with Crippen molar-refractivity contribution >= 4 is 29.2 Å². The number of benzene rings is 1. The number of urea groups is 1. The molecule has 3 fully saturated rings. The fourth-order valence-corrected chi connectivity index (χ4v) is 4.63. The smallest absolute Gasteiger partial charge is 0.327 e. The average Bonchev–Trinajstić information content (AvgIpc) is 3.08. The molecule has 3 aliphatic heterocycles. The summed E-state index contributed by atoms with van der Waals surface area (Å²) in [7, 11) is 3.31. The highest BCUT2D eigenvalue weighted by Crippen LogP contribution is 2.35. The van der Waals surface area contributed by atoms with Gasteiger partial charge in [0.15, 0.2) is 0 Å². The van der Waals surface area contributed by atoms with Gasteiger partial charge in [-0.15, -0.1) is 0 Å². The van der Waals surface area contributed by atoms with Crippen LogP contribution in [0.15, 0.2) is 18.2 Å². The first kappa shape index (κ1) is 19.4. The van der Waals surface area contributed by atoms with E-state index in [1.807, 2.05) is 19.1 Å². The Labute approximate surface area is 169 Å². The molecule has 3 amide bonds. The van der Waals surface area contributed by atoms with Crippen molar-refractivity contribution in [3.05, 3.63) is 28.8 Å². The van der Waals surface area contributed by atoms with Crippen LogP contribution < -0.4 is 10.2 Å². The van der Waals surface area contributed by atoms with E-state index in [9.17, 15) is 9.59 Å². The Morgan fingerprint density at radius 2 is 2.07 bits per heavy atom. The average molecular weight is 408 g/mol. The highest BCUT2D eigenvalue weighted by Gasteiger charge is 2.56. The Kier molecular flexibility index (Phi) is 5.22. The zero-order chi connectivity index (χ0) is 20.0. The van der Waals surface area contributed by atoms with Gasteiger partial charge in [0, 0.05) is 38.0 Å². The van der Waals surface area contributed by atoms with Gasteiger partial charge in [0.2, 0.25) is 0 Å². The number of carbonyl (C=O) groups is 2. The fourth-order valence-electron chi connectivity index (χ4n) is 4.46. The molecule has 0 aromatic heterocycles. The second kappa shape index (κ2) is 7.51. The van der Waals surface area contributed by atoms with Gasteiger partial charge in [0.25, 0.3) is 5.91 Å². The molecule has 1 N–H and O–H groups in total. The zero-order valence-electron chi connectivity index (χ0n) is 16.4. The minimum absolute atomic E-state index is 0.162. The molecule has 3 atom stereocenters. The van der Waals surface area contributed by atoms with Gasteiger partial charge in [-0.05, 0) is 31.0 Å². The molecule has 0 radical (unpaired) electrons. The maximum Gasteiger partial charge on any atom is 0.327 e. The summed E-state index contributed by atoms with van der Waals surface area (Å²) < 4.78 is 5.08. The number of hydrogen-bond donors (Lipinski definition) is 1. The summed E-state index contributed by atoms with van der Waals surface area (Å²) in [4.78, 5) is 33.3. The normalized spacial score (nSPS) is 28.0. The molecule has 8 nitrogen and oxygen atoms in total. The number of methoxy groups -OCH3 is 1. The van der Waals surface area contributed by atoms with E-state index < -0.39 is 6.04 Å². The van der Waals surface area contributed by atoms with Crippen molar-refractivity contribution in [1.29, 1.82) is 0 Å². The molecule has 1 aromatic rings. The maximum atomic E-state index is 13.2. The molecular formula is C19H26ClN5O3. The lowest BCUT2D eigenvalue weighted by Gasteiger charge is -2.44. The maximum absolute atomic E-state index is 13.2. The molecule has 152 valence electrons. The van der Waals surface area contributed by atoms with Crippen LogP contribution in [0.4, 0.5) is 10.5 Å². The number of anilines is 1. The topological polar surface area (TPSA) is 68.4 Å². The molecule has 3 heterocycles. The Bertz CT molecular complexity index is 791. The number of fused-ring (bicyclic) bond motifs is 3. The van der Waals surface area contributed by atoms with Gasteiger partial charge < -0.3 is 14.5 Å². The quantitative estimate of drug-likeness (QED) is 0.811. The summed E-state index contributed by atoms with van der Waals surface area (Å²) in [5.74, 6) is -0.162. The van der Waals surface area contributed by atoms with Crippen LogP contribution >= 0.6 is 11.6 Å².